The molecule has 2 aliphatic rings. The fourth-order valence-electron chi connectivity index (χ4n) is 4.09. The summed E-state index contributed by atoms with van der Waals surface area (Å²) in [7, 11) is 0. The van der Waals surface area contributed by atoms with Crippen LogP contribution >= 0.6 is 0 Å². The molecule has 1 saturated heterocycles. The van der Waals surface area contributed by atoms with Gasteiger partial charge in [0.1, 0.15) is 5.75 Å². The van der Waals surface area contributed by atoms with Crippen molar-refractivity contribution in [1.29, 1.82) is 0 Å². The summed E-state index contributed by atoms with van der Waals surface area (Å²) in [6, 6.07) is 4.73. The average Bonchev–Trinajstić information content (AvgIpc) is 2.72. The molecule has 1 aliphatic carbocycles. The number of amides is 2. The van der Waals surface area contributed by atoms with E-state index in [1.54, 1.807) is 0 Å². The van der Waals surface area contributed by atoms with E-state index in [2.05, 4.69) is 5.32 Å². The van der Waals surface area contributed by atoms with E-state index >= 15 is 0 Å². The molecule has 8 heteroatoms. The first kappa shape index (κ1) is 21.5. The Morgan fingerprint density at radius 2 is 1.69 bits per heavy atom. The summed E-state index contributed by atoms with van der Waals surface area (Å²) in [5.74, 6) is -0.458. The largest absolute Gasteiger partial charge is 0.483 e. The molecule has 1 aliphatic heterocycles. The van der Waals surface area contributed by atoms with Gasteiger partial charge in [0.25, 0.3) is 5.91 Å². The number of halogens is 3. The number of carbonyl (C=O) groups is 2. The molecule has 1 aromatic rings. The Labute approximate surface area is 168 Å². The van der Waals surface area contributed by atoms with Crippen molar-refractivity contribution in [3.05, 3.63) is 29.8 Å². The zero-order valence-corrected chi connectivity index (χ0v) is 16.3. The first-order chi connectivity index (χ1) is 13.8. The minimum absolute atomic E-state index is 0.0978. The summed E-state index contributed by atoms with van der Waals surface area (Å²) >= 11 is 0. The Morgan fingerprint density at radius 3 is 2.34 bits per heavy atom. The molecule has 0 unspecified atom stereocenters. The lowest BCUT2D eigenvalue weighted by atomic mass is 9.87. The first-order valence-electron chi connectivity index (χ1n) is 10.2. The third-order valence-corrected chi connectivity index (χ3v) is 5.68. The SMILES string of the molecule is O=C(COc1ccccc1C(F)(F)F)NC1CCN(C(=O)C2CCCCC2)CC1. The molecule has 3 rings (SSSR count). The number of para-hydroxylation sites is 1. The van der Waals surface area contributed by atoms with Gasteiger partial charge in [-0.05, 0) is 37.8 Å². The molecule has 0 radical (unpaired) electrons. The van der Waals surface area contributed by atoms with Gasteiger partial charge in [-0.15, -0.1) is 0 Å². The zero-order valence-electron chi connectivity index (χ0n) is 16.3. The third-order valence-electron chi connectivity index (χ3n) is 5.68. The standard InChI is InChI=1S/C21H27F3N2O3/c22-21(23,24)17-8-4-5-9-18(17)29-14-19(27)25-16-10-12-26(13-11-16)20(28)15-6-2-1-3-7-15/h4-5,8-9,15-16H,1-3,6-7,10-14H2,(H,25,27). The van der Waals surface area contributed by atoms with Gasteiger partial charge in [0.15, 0.2) is 6.61 Å². The number of benzene rings is 1. The van der Waals surface area contributed by atoms with Crippen LogP contribution in [0.15, 0.2) is 24.3 Å². The van der Waals surface area contributed by atoms with E-state index < -0.39 is 24.3 Å². The summed E-state index contributed by atoms with van der Waals surface area (Å²) in [6.07, 6.45) is 2.10. The maximum Gasteiger partial charge on any atom is 0.419 e. The van der Waals surface area contributed by atoms with Gasteiger partial charge in [0, 0.05) is 25.0 Å². The molecule has 1 heterocycles. The van der Waals surface area contributed by atoms with Gasteiger partial charge < -0.3 is 15.0 Å². The maximum absolute atomic E-state index is 13.0. The van der Waals surface area contributed by atoms with Crippen LogP contribution in [0.5, 0.6) is 5.75 Å². The van der Waals surface area contributed by atoms with Crippen LogP contribution in [0, 0.1) is 5.92 Å². The second-order valence-electron chi connectivity index (χ2n) is 7.78. The van der Waals surface area contributed by atoms with Gasteiger partial charge in [-0.1, -0.05) is 31.4 Å². The van der Waals surface area contributed by atoms with Crippen molar-refractivity contribution in [3.8, 4) is 5.75 Å². The maximum atomic E-state index is 13.0. The van der Waals surface area contributed by atoms with E-state index in [1.807, 2.05) is 4.90 Å². The Bertz CT molecular complexity index is 709. The predicted octanol–water partition coefficient (Wildman–Crippen LogP) is 3.77. The minimum Gasteiger partial charge on any atom is -0.483 e. The highest BCUT2D eigenvalue weighted by Gasteiger charge is 2.34. The molecule has 0 bridgehead atoms. The molecule has 1 saturated carbocycles. The lowest BCUT2D eigenvalue weighted by Gasteiger charge is -2.35. The quantitative estimate of drug-likeness (QED) is 0.801. The Morgan fingerprint density at radius 1 is 1.03 bits per heavy atom. The van der Waals surface area contributed by atoms with Crippen molar-refractivity contribution in [1.82, 2.24) is 10.2 Å². The lowest BCUT2D eigenvalue weighted by molar-refractivity contribution is -0.140. The third kappa shape index (κ3) is 5.87. The van der Waals surface area contributed by atoms with Crippen LogP contribution in [0.3, 0.4) is 0 Å². The number of rotatable bonds is 5. The molecule has 0 aromatic heterocycles. The fourth-order valence-corrected chi connectivity index (χ4v) is 4.09. The van der Waals surface area contributed by atoms with Crippen LogP contribution in [0.1, 0.15) is 50.5 Å². The van der Waals surface area contributed by atoms with Crippen molar-refractivity contribution in [2.24, 2.45) is 5.92 Å². The van der Waals surface area contributed by atoms with E-state index in [9.17, 15) is 22.8 Å². The highest BCUT2D eigenvalue weighted by atomic mass is 19.4. The summed E-state index contributed by atoms with van der Waals surface area (Å²) < 4.78 is 44.0. The molecule has 160 valence electrons. The van der Waals surface area contributed by atoms with Crippen LogP contribution < -0.4 is 10.1 Å². The van der Waals surface area contributed by atoms with Gasteiger partial charge >= 0.3 is 6.18 Å². The second-order valence-corrected chi connectivity index (χ2v) is 7.78. The van der Waals surface area contributed by atoms with E-state index in [4.69, 9.17) is 4.74 Å². The number of piperidine rings is 1. The van der Waals surface area contributed by atoms with Crippen LogP contribution in [-0.4, -0.2) is 42.5 Å². The molecule has 2 fully saturated rings. The number of nitrogens with zero attached hydrogens (tertiary/aromatic N) is 1. The molecule has 5 nitrogen and oxygen atoms in total. The number of nitrogens with one attached hydrogen (secondary N) is 1. The van der Waals surface area contributed by atoms with Crippen LogP contribution in [0.25, 0.3) is 0 Å². The first-order valence-corrected chi connectivity index (χ1v) is 10.2. The number of hydrogen-bond acceptors (Lipinski definition) is 3. The molecule has 1 aromatic carbocycles. The van der Waals surface area contributed by atoms with Crippen LogP contribution in [0.2, 0.25) is 0 Å². The number of hydrogen-bond donors (Lipinski definition) is 1. The summed E-state index contributed by atoms with van der Waals surface area (Å²) in [5.41, 5.74) is -0.901. The second kappa shape index (κ2) is 9.50. The molecule has 29 heavy (non-hydrogen) atoms. The normalized spacial score (nSPS) is 19.1. The summed E-state index contributed by atoms with van der Waals surface area (Å²) in [4.78, 5) is 26.6. The monoisotopic (exact) mass is 412 g/mol. The Kier molecular flexibility index (Phi) is 7.03. The van der Waals surface area contributed by atoms with Gasteiger partial charge in [-0.25, -0.2) is 0 Å². The van der Waals surface area contributed by atoms with Crippen LogP contribution in [0.4, 0.5) is 13.2 Å². The van der Waals surface area contributed by atoms with E-state index in [0.717, 1.165) is 31.7 Å². The summed E-state index contributed by atoms with van der Waals surface area (Å²) in [6.45, 7) is 0.713. The Balaban J connectivity index is 1.43. The van der Waals surface area contributed by atoms with Crippen molar-refractivity contribution in [2.75, 3.05) is 19.7 Å². The van der Waals surface area contributed by atoms with Crippen molar-refractivity contribution >= 4 is 11.8 Å². The number of ether oxygens (including phenoxy) is 1. The van der Waals surface area contributed by atoms with E-state index in [1.165, 1.54) is 24.6 Å². The molecule has 0 spiro atoms. The zero-order chi connectivity index (χ0) is 20.9. The van der Waals surface area contributed by atoms with Crippen LogP contribution in [-0.2, 0) is 15.8 Å². The lowest BCUT2D eigenvalue weighted by Crippen LogP contribution is -2.49. The number of likely N-dealkylation sites (tertiary alicyclic amines) is 1. The molecule has 0 atom stereocenters. The van der Waals surface area contributed by atoms with Gasteiger partial charge in [-0.3, -0.25) is 9.59 Å². The summed E-state index contributed by atoms with van der Waals surface area (Å²) in [5, 5.41) is 2.80. The van der Waals surface area contributed by atoms with Crippen molar-refractivity contribution < 1.29 is 27.5 Å². The average molecular weight is 412 g/mol. The number of alkyl halides is 3. The molecular formula is C21H27F3N2O3. The van der Waals surface area contributed by atoms with E-state index in [0.29, 0.717) is 25.9 Å². The van der Waals surface area contributed by atoms with Gasteiger partial charge in [-0.2, -0.15) is 13.2 Å². The van der Waals surface area contributed by atoms with Gasteiger partial charge in [0.05, 0.1) is 5.56 Å². The molecular weight excluding hydrogens is 385 g/mol. The minimum atomic E-state index is -4.54. The van der Waals surface area contributed by atoms with Gasteiger partial charge in [0.2, 0.25) is 5.91 Å². The smallest absolute Gasteiger partial charge is 0.419 e. The number of carbonyl (C=O) groups excluding carboxylic acids is 2. The topological polar surface area (TPSA) is 58.6 Å². The Hall–Kier alpha value is -2.25. The highest BCUT2D eigenvalue weighted by molar-refractivity contribution is 5.79. The molecule has 1 N–H and O–H groups in total. The fraction of sp³-hybridized carbons (Fsp3) is 0.619. The predicted molar refractivity (Wildman–Crippen MR) is 101 cm³/mol. The molecule has 2 amide bonds. The highest BCUT2D eigenvalue weighted by Crippen LogP contribution is 2.35. The van der Waals surface area contributed by atoms with Crippen molar-refractivity contribution in [3.63, 3.8) is 0 Å². The van der Waals surface area contributed by atoms with Crippen molar-refractivity contribution in [2.45, 2.75) is 57.2 Å². The van der Waals surface area contributed by atoms with E-state index in [-0.39, 0.29) is 23.6 Å².